The first-order chi connectivity index (χ1) is 14.1. The van der Waals surface area contributed by atoms with Gasteiger partial charge >= 0.3 is 0 Å². The summed E-state index contributed by atoms with van der Waals surface area (Å²) in [6, 6.07) is 16.7. The van der Waals surface area contributed by atoms with Crippen LogP contribution in [0.1, 0.15) is 43.9 Å². The fraction of sp³-hybridized carbons (Fsp3) is 0.458. The monoisotopic (exact) mass is 397 g/mol. The Balaban J connectivity index is 1.56. The normalized spacial score (nSPS) is 16.7. The predicted molar refractivity (Wildman–Crippen MR) is 115 cm³/mol. The molecule has 3 rings (SSSR count). The fourth-order valence-corrected chi connectivity index (χ4v) is 4.12. The maximum Gasteiger partial charge on any atom is 0.242 e. The van der Waals surface area contributed by atoms with Crippen LogP contribution in [0, 0.1) is 5.82 Å². The molecule has 1 heterocycles. The van der Waals surface area contributed by atoms with E-state index in [1.807, 2.05) is 42.5 Å². The SMILES string of the molecule is CCN(CC)C(C(=O)NC1CCN(Cc2ccc(F)cc2)CC1)c1ccccc1. The number of benzene rings is 2. The summed E-state index contributed by atoms with van der Waals surface area (Å²) in [5.41, 5.74) is 2.17. The molecule has 1 saturated heterocycles. The number of piperidine rings is 1. The van der Waals surface area contributed by atoms with Gasteiger partial charge in [0.1, 0.15) is 11.9 Å². The summed E-state index contributed by atoms with van der Waals surface area (Å²) in [4.78, 5) is 17.7. The predicted octanol–water partition coefficient (Wildman–Crippen LogP) is 3.99. The van der Waals surface area contributed by atoms with Gasteiger partial charge in [0.05, 0.1) is 0 Å². The number of nitrogens with zero attached hydrogens (tertiary/aromatic N) is 2. The second-order valence-corrected chi connectivity index (χ2v) is 7.72. The lowest BCUT2D eigenvalue weighted by Gasteiger charge is -2.35. The highest BCUT2D eigenvalue weighted by molar-refractivity contribution is 5.83. The number of likely N-dealkylation sites (tertiary alicyclic amines) is 1. The van der Waals surface area contributed by atoms with Gasteiger partial charge in [0.15, 0.2) is 0 Å². The van der Waals surface area contributed by atoms with Crippen LogP contribution in [0.15, 0.2) is 54.6 Å². The second-order valence-electron chi connectivity index (χ2n) is 7.72. The van der Waals surface area contributed by atoms with E-state index in [0.29, 0.717) is 0 Å². The van der Waals surface area contributed by atoms with Crippen molar-refractivity contribution in [1.82, 2.24) is 15.1 Å². The van der Waals surface area contributed by atoms with E-state index in [9.17, 15) is 9.18 Å². The van der Waals surface area contributed by atoms with Crippen LogP contribution in [0.4, 0.5) is 4.39 Å². The summed E-state index contributed by atoms with van der Waals surface area (Å²) < 4.78 is 13.1. The first-order valence-electron chi connectivity index (χ1n) is 10.7. The highest BCUT2D eigenvalue weighted by Gasteiger charge is 2.29. The van der Waals surface area contributed by atoms with E-state index in [-0.39, 0.29) is 23.8 Å². The van der Waals surface area contributed by atoms with Gasteiger partial charge in [-0.2, -0.15) is 0 Å². The highest BCUT2D eigenvalue weighted by atomic mass is 19.1. The van der Waals surface area contributed by atoms with Crippen LogP contribution in [0.3, 0.4) is 0 Å². The van der Waals surface area contributed by atoms with Gasteiger partial charge in [-0.15, -0.1) is 0 Å². The molecule has 1 aliphatic heterocycles. The van der Waals surface area contributed by atoms with Crippen molar-refractivity contribution in [3.8, 4) is 0 Å². The molecule has 1 fully saturated rings. The summed E-state index contributed by atoms with van der Waals surface area (Å²) in [7, 11) is 0. The highest BCUT2D eigenvalue weighted by Crippen LogP contribution is 2.22. The summed E-state index contributed by atoms with van der Waals surface area (Å²) >= 11 is 0. The minimum absolute atomic E-state index is 0.0943. The summed E-state index contributed by atoms with van der Waals surface area (Å²) in [5, 5.41) is 3.30. The molecule has 0 aromatic heterocycles. The van der Waals surface area contributed by atoms with Crippen LogP contribution in [0.2, 0.25) is 0 Å². The van der Waals surface area contributed by atoms with Gasteiger partial charge in [-0.05, 0) is 49.2 Å². The van der Waals surface area contributed by atoms with Crippen molar-refractivity contribution in [2.45, 2.75) is 45.3 Å². The largest absolute Gasteiger partial charge is 0.352 e. The molecular weight excluding hydrogens is 365 g/mol. The Labute approximate surface area is 173 Å². The van der Waals surface area contributed by atoms with Crippen LogP contribution < -0.4 is 5.32 Å². The van der Waals surface area contributed by atoms with Crippen molar-refractivity contribution < 1.29 is 9.18 Å². The Morgan fingerprint density at radius 2 is 1.69 bits per heavy atom. The number of carbonyl (C=O) groups excluding carboxylic acids is 1. The minimum Gasteiger partial charge on any atom is -0.352 e. The third-order valence-electron chi connectivity index (χ3n) is 5.79. The van der Waals surface area contributed by atoms with Crippen molar-refractivity contribution in [3.05, 3.63) is 71.5 Å². The van der Waals surface area contributed by atoms with Gasteiger partial charge in [0.25, 0.3) is 0 Å². The molecule has 0 aliphatic carbocycles. The lowest BCUT2D eigenvalue weighted by Crippen LogP contribution is -2.48. The van der Waals surface area contributed by atoms with Crippen molar-refractivity contribution in [2.24, 2.45) is 0 Å². The number of rotatable bonds is 8. The van der Waals surface area contributed by atoms with Gasteiger partial charge in [-0.1, -0.05) is 56.3 Å². The van der Waals surface area contributed by atoms with Crippen molar-refractivity contribution >= 4 is 5.91 Å². The molecule has 1 N–H and O–H groups in total. The van der Waals surface area contributed by atoms with Gasteiger partial charge < -0.3 is 5.32 Å². The molecule has 156 valence electrons. The van der Waals surface area contributed by atoms with Gasteiger partial charge in [0.2, 0.25) is 5.91 Å². The molecule has 0 spiro atoms. The van der Waals surface area contributed by atoms with Crippen LogP contribution in [-0.4, -0.2) is 47.9 Å². The topological polar surface area (TPSA) is 35.6 Å². The fourth-order valence-electron chi connectivity index (χ4n) is 4.12. The van der Waals surface area contributed by atoms with E-state index < -0.39 is 0 Å². The molecule has 1 amide bonds. The molecule has 5 heteroatoms. The maximum atomic E-state index is 13.2. The zero-order chi connectivity index (χ0) is 20.6. The first-order valence-corrected chi connectivity index (χ1v) is 10.7. The van der Waals surface area contributed by atoms with E-state index in [1.54, 1.807) is 0 Å². The Morgan fingerprint density at radius 1 is 1.07 bits per heavy atom. The standard InChI is InChI=1S/C24H32FN3O/c1-3-28(4-2)23(20-8-6-5-7-9-20)24(29)26-22-14-16-27(17-15-22)18-19-10-12-21(25)13-11-19/h5-13,22-23H,3-4,14-18H2,1-2H3,(H,26,29). The Morgan fingerprint density at radius 3 is 2.28 bits per heavy atom. The Hall–Kier alpha value is -2.24. The molecule has 2 aromatic carbocycles. The van der Waals surface area contributed by atoms with Crippen LogP contribution >= 0.6 is 0 Å². The number of halogens is 1. The summed E-state index contributed by atoms with van der Waals surface area (Å²) in [6.07, 6.45) is 1.87. The molecule has 1 aliphatic rings. The molecular formula is C24H32FN3O. The maximum absolute atomic E-state index is 13.2. The molecule has 29 heavy (non-hydrogen) atoms. The first kappa shape index (κ1) is 21.5. The minimum atomic E-state index is -0.247. The number of hydrogen-bond acceptors (Lipinski definition) is 3. The van der Waals surface area contributed by atoms with Crippen LogP contribution in [0.5, 0.6) is 0 Å². The molecule has 0 radical (unpaired) electrons. The summed E-state index contributed by atoms with van der Waals surface area (Å²) in [6.45, 7) is 8.56. The number of amides is 1. The number of carbonyl (C=O) groups is 1. The number of likely N-dealkylation sites (N-methyl/N-ethyl adjacent to an activating group) is 1. The number of nitrogens with one attached hydrogen (secondary N) is 1. The van der Waals surface area contributed by atoms with Gasteiger partial charge in [-0.25, -0.2) is 4.39 Å². The summed E-state index contributed by atoms with van der Waals surface area (Å²) in [5.74, 6) is -0.103. The van der Waals surface area contributed by atoms with E-state index in [0.717, 1.165) is 56.7 Å². The average Bonchev–Trinajstić information content (AvgIpc) is 2.75. The van der Waals surface area contributed by atoms with Crippen LogP contribution in [-0.2, 0) is 11.3 Å². The third kappa shape index (κ3) is 5.87. The molecule has 1 atom stereocenters. The molecule has 0 bridgehead atoms. The van der Waals surface area contributed by atoms with Crippen molar-refractivity contribution in [3.63, 3.8) is 0 Å². The van der Waals surface area contributed by atoms with Crippen molar-refractivity contribution in [1.29, 1.82) is 0 Å². The third-order valence-corrected chi connectivity index (χ3v) is 5.79. The van der Waals surface area contributed by atoms with E-state index in [1.165, 1.54) is 12.1 Å². The van der Waals surface area contributed by atoms with E-state index in [4.69, 9.17) is 0 Å². The van der Waals surface area contributed by atoms with E-state index >= 15 is 0 Å². The quantitative estimate of drug-likeness (QED) is 0.732. The number of hydrogen-bond donors (Lipinski definition) is 1. The van der Waals surface area contributed by atoms with E-state index in [2.05, 4.69) is 29.0 Å². The van der Waals surface area contributed by atoms with Gasteiger partial charge in [-0.3, -0.25) is 14.6 Å². The molecule has 1 unspecified atom stereocenters. The smallest absolute Gasteiger partial charge is 0.242 e. The van der Waals surface area contributed by atoms with Gasteiger partial charge in [0, 0.05) is 25.7 Å². The average molecular weight is 398 g/mol. The molecule has 0 saturated carbocycles. The molecule has 4 nitrogen and oxygen atoms in total. The molecule has 2 aromatic rings. The Kier molecular flexibility index (Phi) is 7.78. The lowest BCUT2D eigenvalue weighted by molar-refractivity contribution is -0.127. The Bertz CT molecular complexity index is 753. The second kappa shape index (κ2) is 10.5. The van der Waals surface area contributed by atoms with Crippen LogP contribution in [0.25, 0.3) is 0 Å². The zero-order valence-electron chi connectivity index (χ0n) is 17.5. The van der Waals surface area contributed by atoms with Crippen molar-refractivity contribution in [2.75, 3.05) is 26.2 Å². The zero-order valence-corrected chi connectivity index (χ0v) is 17.5. The lowest BCUT2D eigenvalue weighted by atomic mass is 10.0.